The van der Waals surface area contributed by atoms with Gasteiger partial charge in [0.1, 0.15) is 0 Å². The summed E-state index contributed by atoms with van der Waals surface area (Å²) in [7, 11) is 0. The van der Waals surface area contributed by atoms with Gasteiger partial charge in [-0.2, -0.15) is 0 Å². The number of nitrogens with one attached hydrogen (secondary N) is 1. The van der Waals surface area contributed by atoms with E-state index in [1.54, 1.807) is 0 Å². The van der Waals surface area contributed by atoms with Crippen LogP contribution >= 0.6 is 11.8 Å². The highest BCUT2D eigenvalue weighted by atomic mass is 32.2. The largest absolute Gasteiger partial charge is 0.362 e. The van der Waals surface area contributed by atoms with E-state index in [4.69, 9.17) is 4.99 Å². The first-order valence-electron chi connectivity index (χ1n) is 6.69. The van der Waals surface area contributed by atoms with Crippen molar-refractivity contribution in [2.75, 3.05) is 12.3 Å². The normalized spacial score (nSPS) is 29.9. The van der Waals surface area contributed by atoms with Crippen LogP contribution in [-0.2, 0) is 0 Å². The summed E-state index contributed by atoms with van der Waals surface area (Å²) >= 11 is 1.91. The van der Waals surface area contributed by atoms with Gasteiger partial charge in [0.15, 0.2) is 5.17 Å². The van der Waals surface area contributed by atoms with Crippen LogP contribution in [0.25, 0.3) is 0 Å². The molecule has 2 aliphatic rings. The van der Waals surface area contributed by atoms with Crippen LogP contribution in [0.5, 0.6) is 0 Å². The Labute approximate surface area is 104 Å². The predicted octanol–water partition coefficient (Wildman–Crippen LogP) is 3.28. The molecule has 1 N–H and O–H groups in total. The average molecular weight is 240 g/mol. The van der Waals surface area contributed by atoms with Crippen molar-refractivity contribution in [1.29, 1.82) is 0 Å². The zero-order valence-electron chi connectivity index (χ0n) is 10.5. The lowest BCUT2D eigenvalue weighted by molar-refractivity contribution is 0.441. The Hall–Kier alpha value is -0.180. The molecule has 0 amide bonds. The zero-order chi connectivity index (χ0) is 11.4. The monoisotopic (exact) mass is 240 g/mol. The molecule has 0 aromatic carbocycles. The SMILES string of the molecule is CC(C)C1CCSC(=NCC2CCCC2)N1. The molecule has 1 atom stereocenters. The first-order chi connectivity index (χ1) is 7.75. The smallest absolute Gasteiger partial charge is 0.156 e. The second kappa shape index (κ2) is 5.95. The van der Waals surface area contributed by atoms with E-state index in [0.717, 1.165) is 18.4 Å². The van der Waals surface area contributed by atoms with E-state index in [-0.39, 0.29) is 0 Å². The Morgan fingerprint density at radius 1 is 1.31 bits per heavy atom. The van der Waals surface area contributed by atoms with Crippen molar-refractivity contribution < 1.29 is 0 Å². The van der Waals surface area contributed by atoms with Crippen molar-refractivity contribution in [2.45, 2.75) is 52.0 Å². The molecule has 1 saturated heterocycles. The molecule has 0 spiro atoms. The van der Waals surface area contributed by atoms with Crippen LogP contribution in [-0.4, -0.2) is 23.5 Å². The van der Waals surface area contributed by atoms with Gasteiger partial charge in [-0.3, -0.25) is 4.99 Å². The van der Waals surface area contributed by atoms with Gasteiger partial charge in [0.05, 0.1) is 0 Å². The lowest BCUT2D eigenvalue weighted by Gasteiger charge is -2.28. The first kappa shape index (κ1) is 12.3. The second-order valence-corrected chi connectivity index (χ2v) is 6.51. The summed E-state index contributed by atoms with van der Waals surface area (Å²) in [5, 5.41) is 4.80. The number of thioether (sulfide) groups is 1. The van der Waals surface area contributed by atoms with E-state index in [1.165, 1.54) is 43.0 Å². The van der Waals surface area contributed by atoms with E-state index in [9.17, 15) is 0 Å². The standard InChI is InChI=1S/C13H24N2S/c1-10(2)12-7-8-16-13(15-12)14-9-11-5-3-4-6-11/h10-12H,3-9H2,1-2H3,(H,14,15). The lowest BCUT2D eigenvalue weighted by atomic mass is 10.0. The summed E-state index contributed by atoms with van der Waals surface area (Å²) < 4.78 is 0. The van der Waals surface area contributed by atoms with Gasteiger partial charge in [0, 0.05) is 18.3 Å². The molecule has 1 aliphatic carbocycles. The minimum Gasteiger partial charge on any atom is -0.362 e. The molecule has 2 fully saturated rings. The zero-order valence-corrected chi connectivity index (χ0v) is 11.4. The van der Waals surface area contributed by atoms with E-state index >= 15 is 0 Å². The highest BCUT2D eigenvalue weighted by Gasteiger charge is 2.21. The van der Waals surface area contributed by atoms with Crippen molar-refractivity contribution >= 4 is 16.9 Å². The Kier molecular flexibility index (Phi) is 4.56. The molecule has 0 radical (unpaired) electrons. The molecular weight excluding hydrogens is 216 g/mol. The topological polar surface area (TPSA) is 24.4 Å². The minimum absolute atomic E-state index is 0.642. The van der Waals surface area contributed by atoms with Crippen LogP contribution in [0.4, 0.5) is 0 Å². The molecule has 1 aliphatic heterocycles. The molecule has 0 bridgehead atoms. The summed E-state index contributed by atoms with van der Waals surface area (Å²) in [6.07, 6.45) is 6.92. The van der Waals surface area contributed by atoms with Gasteiger partial charge in [-0.15, -0.1) is 0 Å². The third kappa shape index (κ3) is 3.41. The molecule has 1 unspecified atom stereocenters. The fourth-order valence-corrected chi connectivity index (χ4v) is 3.52. The number of rotatable bonds is 3. The van der Waals surface area contributed by atoms with Gasteiger partial charge in [0.2, 0.25) is 0 Å². The maximum Gasteiger partial charge on any atom is 0.156 e. The van der Waals surface area contributed by atoms with Gasteiger partial charge < -0.3 is 5.32 Å². The summed E-state index contributed by atoms with van der Waals surface area (Å²) in [6.45, 7) is 5.64. The van der Waals surface area contributed by atoms with E-state index in [0.29, 0.717) is 6.04 Å². The number of amidine groups is 1. The number of nitrogens with zero attached hydrogens (tertiary/aromatic N) is 1. The maximum atomic E-state index is 4.77. The predicted molar refractivity (Wildman–Crippen MR) is 73.1 cm³/mol. The van der Waals surface area contributed by atoms with Crippen molar-refractivity contribution in [3.63, 3.8) is 0 Å². The van der Waals surface area contributed by atoms with Crippen molar-refractivity contribution in [3.05, 3.63) is 0 Å². The number of aliphatic imine (C=N–C) groups is 1. The van der Waals surface area contributed by atoms with Crippen LogP contribution in [0, 0.1) is 11.8 Å². The molecule has 0 aromatic rings. The molecule has 16 heavy (non-hydrogen) atoms. The highest BCUT2D eigenvalue weighted by molar-refractivity contribution is 8.13. The van der Waals surface area contributed by atoms with Gasteiger partial charge >= 0.3 is 0 Å². The van der Waals surface area contributed by atoms with Gasteiger partial charge in [-0.25, -0.2) is 0 Å². The molecule has 3 heteroatoms. The van der Waals surface area contributed by atoms with E-state index < -0.39 is 0 Å². The Morgan fingerprint density at radius 3 is 2.75 bits per heavy atom. The first-order valence-corrected chi connectivity index (χ1v) is 7.68. The summed E-state index contributed by atoms with van der Waals surface area (Å²) in [4.78, 5) is 4.77. The van der Waals surface area contributed by atoms with E-state index in [1.807, 2.05) is 11.8 Å². The van der Waals surface area contributed by atoms with Crippen LogP contribution < -0.4 is 5.32 Å². The lowest BCUT2D eigenvalue weighted by Crippen LogP contribution is -2.41. The molecule has 2 rings (SSSR count). The van der Waals surface area contributed by atoms with Gasteiger partial charge in [-0.05, 0) is 31.1 Å². The second-order valence-electron chi connectivity index (χ2n) is 5.43. The van der Waals surface area contributed by atoms with Gasteiger partial charge in [-0.1, -0.05) is 38.5 Å². The highest BCUT2D eigenvalue weighted by Crippen LogP contribution is 2.25. The third-order valence-electron chi connectivity index (χ3n) is 3.75. The number of hydrogen-bond donors (Lipinski definition) is 1. The molecule has 0 aromatic heterocycles. The Balaban J connectivity index is 1.81. The molecule has 1 saturated carbocycles. The van der Waals surface area contributed by atoms with Gasteiger partial charge in [0.25, 0.3) is 0 Å². The summed E-state index contributed by atoms with van der Waals surface area (Å²) in [6, 6.07) is 0.642. The third-order valence-corrected chi connectivity index (χ3v) is 4.71. The summed E-state index contributed by atoms with van der Waals surface area (Å²) in [5.41, 5.74) is 0. The van der Waals surface area contributed by atoms with Crippen LogP contribution in [0.15, 0.2) is 4.99 Å². The molecule has 92 valence electrons. The molecule has 1 heterocycles. The quantitative estimate of drug-likeness (QED) is 0.818. The Bertz CT molecular complexity index is 244. The average Bonchev–Trinajstić information content (AvgIpc) is 2.79. The fraction of sp³-hybridized carbons (Fsp3) is 0.923. The number of hydrogen-bond acceptors (Lipinski definition) is 2. The van der Waals surface area contributed by atoms with Crippen LogP contribution in [0.3, 0.4) is 0 Å². The van der Waals surface area contributed by atoms with Crippen LogP contribution in [0.2, 0.25) is 0 Å². The van der Waals surface area contributed by atoms with Crippen molar-refractivity contribution in [2.24, 2.45) is 16.8 Å². The van der Waals surface area contributed by atoms with E-state index in [2.05, 4.69) is 19.2 Å². The van der Waals surface area contributed by atoms with Crippen molar-refractivity contribution in [1.82, 2.24) is 5.32 Å². The minimum atomic E-state index is 0.642. The molecular formula is C13H24N2S. The molecule has 2 nitrogen and oxygen atoms in total. The summed E-state index contributed by atoms with van der Waals surface area (Å²) in [5.74, 6) is 2.83. The maximum absolute atomic E-state index is 4.77. The van der Waals surface area contributed by atoms with Crippen LogP contribution in [0.1, 0.15) is 46.0 Å². The fourth-order valence-electron chi connectivity index (χ4n) is 2.55. The van der Waals surface area contributed by atoms with Crippen molar-refractivity contribution in [3.8, 4) is 0 Å². The Morgan fingerprint density at radius 2 is 2.06 bits per heavy atom.